The molecule has 1 fully saturated rings. The third-order valence-electron chi connectivity index (χ3n) is 3.82. The number of hydrogen-bond donors (Lipinski definition) is 1. The van der Waals surface area contributed by atoms with Gasteiger partial charge in [0.15, 0.2) is 6.10 Å². The zero-order valence-electron chi connectivity index (χ0n) is 11.6. The highest BCUT2D eigenvalue weighted by Crippen LogP contribution is 2.37. The molecule has 1 aromatic rings. The first-order valence-corrected chi connectivity index (χ1v) is 6.92. The smallest absolute Gasteiger partial charge is 0.339 e. The maximum atomic E-state index is 12.0. The van der Waals surface area contributed by atoms with Gasteiger partial charge in [0.25, 0.3) is 0 Å². The number of benzene rings is 1. The number of carbonyl (C=O) groups is 2. The van der Waals surface area contributed by atoms with Crippen molar-refractivity contribution in [3.05, 3.63) is 23.8 Å². The zero-order chi connectivity index (χ0) is 15.0. The van der Waals surface area contributed by atoms with Crippen molar-refractivity contribution in [1.29, 1.82) is 5.26 Å². The summed E-state index contributed by atoms with van der Waals surface area (Å²) in [7, 11) is 0. The molecule has 6 heteroatoms. The molecule has 2 heterocycles. The van der Waals surface area contributed by atoms with E-state index in [0.717, 1.165) is 25.1 Å². The molecule has 108 valence electrons. The van der Waals surface area contributed by atoms with Gasteiger partial charge in [-0.15, -0.1) is 0 Å². The van der Waals surface area contributed by atoms with Gasteiger partial charge in [0.05, 0.1) is 16.9 Å². The lowest BCUT2D eigenvalue weighted by molar-refractivity contribution is -0.117. The van der Waals surface area contributed by atoms with Gasteiger partial charge in [-0.1, -0.05) is 0 Å². The van der Waals surface area contributed by atoms with Gasteiger partial charge >= 0.3 is 5.97 Å². The number of nitrogens with zero attached hydrogens (tertiary/aromatic N) is 2. The van der Waals surface area contributed by atoms with Crippen LogP contribution in [0.1, 0.15) is 30.1 Å². The number of esters is 1. The standard InChI is InChI=1S/C15H15N3O3/c1-9(8-16)21-15(20)10-4-5-12-11(7-10)17-14(19)13-3-2-6-18(12)13/h4-5,7,9,13H,2-3,6H2,1H3,(H,17,19)/t9-,13-/m0/s1. The number of ether oxygens (including phenoxy) is 1. The Morgan fingerprint density at radius 1 is 1.57 bits per heavy atom. The van der Waals surface area contributed by atoms with E-state index >= 15 is 0 Å². The first-order chi connectivity index (χ1) is 10.1. The van der Waals surface area contributed by atoms with Crippen LogP contribution in [0.15, 0.2) is 18.2 Å². The predicted octanol–water partition coefficient (Wildman–Crippen LogP) is 1.68. The van der Waals surface area contributed by atoms with Crippen molar-refractivity contribution in [2.24, 2.45) is 0 Å². The third-order valence-corrected chi connectivity index (χ3v) is 3.82. The number of amides is 1. The second kappa shape index (κ2) is 5.09. The second-order valence-electron chi connectivity index (χ2n) is 5.25. The minimum Gasteiger partial charge on any atom is -0.444 e. The first-order valence-electron chi connectivity index (χ1n) is 6.92. The van der Waals surface area contributed by atoms with E-state index in [9.17, 15) is 9.59 Å². The van der Waals surface area contributed by atoms with Crippen molar-refractivity contribution < 1.29 is 14.3 Å². The fourth-order valence-corrected chi connectivity index (χ4v) is 2.81. The quantitative estimate of drug-likeness (QED) is 0.836. The Morgan fingerprint density at radius 3 is 3.14 bits per heavy atom. The van der Waals surface area contributed by atoms with Crippen LogP contribution in [0.25, 0.3) is 0 Å². The van der Waals surface area contributed by atoms with Crippen LogP contribution in [0.5, 0.6) is 0 Å². The number of carbonyl (C=O) groups excluding carboxylic acids is 2. The minimum absolute atomic E-state index is 0.0316. The molecule has 1 N–H and O–H groups in total. The Labute approximate surface area is 122 Å². The minimum atomic E-state index is -0.800. The lowest BCUT2D eigenvalue weighted by Crippen LogP contribution is -2.43. The van der Waals surface area contributed by atoms with Crippen molar-refractivity contribution in [2.45, 2.75) is 31.9 Å². The Bertz CT molecular complexity index is 650. The summed E-state index contributed by atoms with van der Waals surface area (Å²) in [5.41, 5.74) is 1.88. The molecule has 0 saturated carbocycles. The summed E-state index contributed by atoms with van der Waals surface area (Å²) in [6, 6.07) is 6.83. The highest BCUT2D eigenvalue weighted by atomic mass is 16.5. The molecule has 0 spiro atoms. The van der Waals surface area contributed by atoms with E-state index in [-0.39, 0.29) is 11.9 Å². The van der Waals surface area contributed by atoms with E-state index in [1.165, 1.54) is 6.92 Å². The van der Waals surface area contributed by atoms with Gasteiger partial charge in [-0.05, 0) is 38.0 Å². The molecule has 2 atom stereocenters. The van der Waals surface area contributed by atoms with Gasteiger partial charge in [0, 0.05) is 6.54 Å². The number of nitriles is 1. The van der Waals surface area contributed by atoms with Crippen LogP contribution < -0.4 is 10.2 Å². The average molecular weight is 285 g/mol. The summed E-state index contributed by atoms with van der Waals surface area (Å²) in [6.07, 6.45) is 1.04. The molecule has 1 saturated heterocycles. The molecule has 0 aromatic heterocycles. The summed E-state index contributed by atoms with van der Waals surface area (Å²) >= 11 is 0. The van der Waals surface area contributed by atoms with Gasteiger partial charge in [-0.2, -0.15) is 5.26 Å². The Hall–Kier alpha value is -2.55. The highest BCUT2D eigenvalue weighted by Gasteiger charge is 2.36. The van der Waals surface area contributed by atoms with E-state index < -0.39 is 12.1 Å². The fourth-order valence-electron chi connectivity index (χ4n) is 2.81. The molecule has 21 heavy (non-hydrogen) atoms. The van der Waals surface area contributed by atoms with Gasteiger partial charge in [0.1, 0.15) is 12.1 Å². The van der Waals surface area contributed by atoms with Crippen LogP contribution in [0, 0.1) is 11.3 Å². The lowest BCUT2D eigenvalue weighted by Gasteiger charge is -2.33. The molecule has 0 unspecified atom stereocenters. The van der Waals surface area contributed by atoms with Crippen molar-refractivity contribution in [1.82, 2.24) is 0 Å². The molecule has 1 aromatic carbocycles. The number of fused-ring (bicyclic) bond motifs is 3. The molecule has 6 nitrogen and oxygen atoms in total. The third kappa shape index (κ3) is 2.31. The van der Waals surface area contributed by atoms with Crippen molar-refractivity contribution >= 4 is 23.3 Å². The first kappa shape index (κ1) is 13.4. The maximum absolute atomic E-state index is 12.0. The number of anilines is 2. The van der Waals surface area contributed by atoms with Crippen LogP contribution >= 0.6 is 0 Å². The van der Waals surface area contributed by atoms with Crippen LogP contribution in [0.4, 0.5) is 11.4 Å². The molecule has 0 aliphatic carbocycles. The summed E-state index contributed by atoms with van der Waals surface area (Å²) < 4.78 is 4.96. The van der Waals surface area contributed by atoms with E-state index in [1.807, 2.05) is 12.1 Å². The molecule has 1 amide bonds. The van der Waals surface area contributed by atoms with Crippen LogP contribution in [-0.2, 0) is 9.53 Å². The SMILES string of the molecule is C[C@@H](C#N)OC(=O)c1ccc2c(c1)NC(=O)[C@@H]1CCCN21. The molecule has 0 radical (unpaired) electrons. The summed E-state index contributed by atoms with van der Waals surface area (Å²) in [5.74, 6) is -0.597. The zero-order valence-corrected chi connectivity index (χ0v) is 11.6. The fraction of sp³-hybridized carbons (Fsp3) is 0.400. The second-order valence-corrected chi connectivity index (χ2v) is 5.25. The predicted molar refractivity (Wildman–Crippen MR) is 75.9 cm³/mol. The number of nitrogens with one attached hydrogen (secondary N) is 1. The molecule has 2 aliphatic heterocycles. The van der Waals surface area contributed by atoms with Gasteiger partial charge in [-0.3, -0.25) is 4.79 Å². The topological polar surface area (TPSA) is 82.4 Å². The van der Waals surface area contributed by atoms with Crippen molar-refractivity contribution in [2.75, 3.05) is 16.8 Å². The average Bonchev–Trinajstić information content (AvgIpc) is 2.96. The molecular formula is C15H15N3O3. The number of rotatable bonds is 2. The van der Waals surface area contributed by atoms with Crippen molar-refractivity contribution in [3.8, 4) is 6.07 Å². The maximum Gasteiger partial charge on any atom is 0.339 e. The Morgan fingerprint density at radius 2 is 2.38 bits per heavy atom. The summed E-state index contributed by atoms with van der Waals surface area (Å²) in [6.45, 7) is 2.35. The monoisotopic (exact) mass is 285 g/mol. The van der Waals surface area contributed by atoms with Gasteiger partial charge < -0.3 is 15.0 Å². The van der Waals surface area contributed by atoms with E-state index in [0.29, 0.717) is 11.3 Å². The highest BCUT2D eigenvalue weighted by molar-refractivity contribution is 6.05. The summed E-state index contributed by atoms with van der Waals surface area (Å²) in [4.78, 5) is 26.0. The van der Waals surface area contributed by atoms with E-state index in [1.54, 1.807) is 12.1 Å². The Kier molecular flexibility index (Phi) is 3.26. The normalized spacial score (nSPS) is 20.9. The molecule has 3 rings (SSSR count). The molecule has 0 bridgehead atoms. The lowest BCUT2D eigenvalue weighted by atomic mass is 10.1. The van der Waals surface area contributed by atoms with Gasteiger partial charge in [-0.25, -0.2) is 4.79 Å². The van der Waals surface area contributed by atoms with Crippen molar-refractivity contribution in [3.63, 3.8) is 0 Å². The van der Waals surface area contributed by atoms with Gasteiger partial charge in [0.2, 0.25) is 5.91 Å². The van der Waals surface area contributed by atoms with Crippen LogP contribution in [-0.4, -0.2) is 30.6 Å². The summed E-state index contributed by atoms with van der Waals surface area (Å²) in [5, 5.41) is 11.5. The largest absolute Gasteiger partial charge is 0.444 e. The van der Waals surface area contributed by atoms with E-state index in [4.69, 9.17) is 10.00 Å². The molecular weight excluding hydrogens is 270 g/mol. The molecule has 2 aliphatic rings. The van der Waals surface area contributed by atoms with Crippen LogP contribution in [0.3, 0.4) is 0 Å². The van der Waals surface area contributed by atoms with Crippen LogP contribution in [0.2, 0.25) is 0 Å². The van der Waals surface area contributed by atoms with E-state index in [2.05, 4.69) is 10.2 Å². The number of hydrogen-bond acceptors (Lipinski definition) is 5. The Balaban J connectivity index is 1.89.